The smallest absolute Gasteiger partial charge is 0.192 e. The van der Waals surface area contributed by atoms with Crippen LogP contribution < -0.4 is 0 Å². The topological polar surface area (TPSA) is 36.9 Å². The summed E-state index contributed by atoms with van der Waals surface area (Å²) in [5, 5.41) is 0.0529. The molecule has 0 aromatic heterocycles. The van der Waals surface area contributed by atoms with Crippen molar-refractivity contribution in [3.8, 4) is 0 Å². The highest BCUT2D eigenvalue weighted by molar-refractivity contribution is 6.74. The maximum Gasteiger partial charge on any atom is 0.192 e. The van der Waals surface area contributed by atoms with Crippen molar-refractivity contribution >= 4 is 8.32 Å². The van der Waals surface area contributed by atoms with E-state index in [0.717, 1.165) is 11.1 Å². The number of rotatable bonds is 3. The predicted molar refractivity (Wildman–Crippen MR) is 106 cm³/mol. The van der Waals surface area contributed by atoms with Crippen LogP contribution in [0.25, 0.3) is 0 Å². The Morgan fingerprint density at radius 3 is 2.44 bits per heavy atom. The third-order valence-corrected chi connectivity index (χ3v) is 10.5. The Bertz CT molecular complexity index is 698. The van der Waals surface area contributed by atoms with Crippen molar-refractivity contribution in [1.82, 2.24) is 0 Å². The second-order valence-electron chi connectivity index (χ2n) is 9.74. The highest BCUT2D eigenvalue weighted by Crippen LogP contribution is 2.45. The molecule has 0 saturated carbocycles. The summed E-state index contributed by atoms with van der Waals surface area (Å²) in [4.78, 5) is 0. The van der Waals surface area contributed by atoms with Gasteiger partial charge in [-0.15, -0.1) is 0 Å². The summed E-state index contributed by atoms with van der Waals surface area (Å²) >= 11 is 0. The molecule has 27 heavy (non-hydrogen) atoms. The zero-order valence-corrected chi connectivity index (χ0v) is 18.8. The Balaban J connectivity index is 1.99. The van der Waals surface area contributed by atoms with Gasteiger partial charge in [-0.25, -0.2) is 4.39 Å². The molecule has 1 aromatic rings. The first-order chi connectivity index (χ1) is 12.3. The van der Waals surface area contributed by atoms with Crippen molar-refractivity contribution in [2.24, 2.45) is 0 Å². The lowest BCUT2D eigenvalue weighted by molar-refractivity contribution is -0.157. The van der Waals surface area contributed by atoms with E-state index >= 15 is 0 Å². The molecule has 4 nitrogen and oxygen atoms in total. The van der Waals surface area contributed by atoms with Crippen LogP contribution in [0.4, 0.5) is 4.39 Å². The third kappa shape index (κ3) is 4.15. The first kappa shape index (κ1) is 20.9. The van der Waals surface area contributed by atoms with Gasteiger partial charge in [0.1, 0.15) is 30.2 Å². The largest absolute Gasteiger partial charge is 0.408 e. The number of benzene rings is 1. The van der Waals surface area contributed by atoms with Crippen molar-refractivity contribution in [3.63, 3.8) is 0 Å². The highest BCUT2D eigenvalue weighted by Gasteiger charge is 2.54. The summed E-state index contributed by atoms with van der Waals surface area (Å²) in [6, 6.07) is 4.83. The van der Waals surface area contributed by atoms with Crippen LogP contribution in [0.15, 0.2) is 18.2 Å². The molecular weight excluding hydrogens is 363 g/mol. The molecule has 2 fully saturated rings. The van der Waals surface area contributed by atoms with Crippen LogP contribution in [-0.2, 0) is 18.6 Å². The van der Waals surface area contributed by atoms with E-state index in [2.05, 4.69) is 33.9 Å². The first-order valence-corrected chi connectivity index (χ1v) is 12.6. The summed E-state index contributed by atoms with van der Waals surface area (Å²) in [5.41, 5.74) is 1.81. The second-order valence-corrected chi connectivity index (χ2v) is 14.5. The normalized spacial score (nSPS) is 31.0. The van der Waals surface area contributed by atoms with Gasteiger partial charge in [0.2, 0.25) is 0 Å². The van der Waals surface area contributed by atoms with E-state index in [1.807, 2.05) is 20.8 Å². The van der Waals surface area contributed by atoms with Crippen molar-refractivity contribution < 1.29 is 23.0 Å². The lowest BCUT2D eigenvalue weighted by Gasteiger charge is -2.45. The van der Waals surface area contributed by atoms with E-state index in [4.69, 9.17) is 18.6 Å². The summed E-state index contributed by atoms with van der Waals surface area (Å²) < 4.78 is 39.0. The van der Waals surface area contributed by atoms with Gasteiger partial charge in [0.05, 0.1) is 6.61 Å². The van der Waals surface area contributed by atoms with Gasteiger partial charge in [-0.2, -0.15) is 0 Å². The summed E-state index contributed by atoms with van der Waals surface area (Å²) in [5.74, 6) is -0.908. The molecule has 6 heteroatoms. The van der Waals surface area contributed by atoms with Crippen LogP contribution in [-0.4, -0.2) is 39.0 Å². The van der Waals surface area contributed by atoms with Crippen LogP contribution >= 0.6 is 0 Å². The Hall–Kier alpha value is -0.793. The molecule has 0 bridgehead atoms. The molecule has 2 heterocycles. The lowest BCUT2D eigenvalue weighted by Crippen LogP contribution is -2.55. The van der Waals surface area contributed by atoms with Crippen molar-refractivity contribution in [1.29, 1.82) is 0 Å². The van der Waals surface area contributed by atoms with Gasteiger partial charge < -0.3 is 18.6 Å². The second kappa shape index (κ2) is 6.92. The number of ether oxygens (including phenoxy) is 3. The van der Waals surface area contributed by atoms with E-state index in [9.17, 15) is 4.39 Å². The average Bonchev–Trinajstić information content (AvgIpc) is 2.82. The van der Waals surface area contributed by atoms with Gasteiger partial charge in [0, 0.05) is 0 Å². The number of hydrogen-bond acceptors (Lipinski definition) is 4. The summed E-state index contributed by atoms with van der Waals surface area (Å²) in [7, 11) is -2.09. The Labute approximate surface area is 163 Å². The van der Waals surface area contributed by atoms with Crippen LogP contribution in [0, 0.1) is 12.7 Å². The predicted octanol–water partition coefficient (Wildman–Crippen LogP) is 5.12. The van der Waals surface area contributed by atoms with Crippen LogP contribution in [0.1, 0.15) is 51.8 Å². The van der Waals surface area contributed by atoms with Gasteiger partial charge in [-0.05, 0) is 62.2 Å². The van der Waals surface area contributed by atoms with Crippen LogP contribution in [0.3, 0.4) is 0 Å². The van der Waals surface area contributed by atoms with Gasteiger partial charge in [0.25, 0.3) is 0 Å². The summed E-state index contributed by atoms with van der Waals surface area (Å²) in [6.45, 7) is 17.3. The molecular formula is C21H33FO4Si. The van der Waals surface area contributed by atoms with Gasteiger partial charge in [-0.3, -0.25) is 0 Å². The monoisotopic (exact) mass is 396 g/mol. The lowest BCUT2D eigenvalue weighted by atomic mass is 9.92. The molecule has 4 atom stereocenters. The molecule has 0 radical (unpaired) electrons. The molecule has 3 rings (SSSR count). The standard InChI is InChI=1S/C21H33FO4Si/c1-13-11-14(22)9-10-15(13)17-19(26-27(7,8)20(2,3)4)18-16(12-23-17)24-21(5,6)25-18/h9-11,16-19H,12H2,1-8H3/t16-,17-,18-,19-/m1/s1. The number of halogens is 1. The van der Waals surface area contributed by atoms with E-state index in [1.54, 1.807) is 12.1 Å². The Morgan fingerprint density at radius 1 is 1.19 bits per heavy atom. The molecule has 2 aliphatic heterocycles. The van der Waals surface area contributed by atoms with E-state index < -0.39 is 14.1 Å². The molecule has 0 unspecified atom stereocenters. The molecule has 2 saturated heterocycles. The van der Waals surface area contributed by atoms with E-state index in [-0.39, 0.29) is 35.3 Å². The zero-order valence-electron chi connectivity index (χ0n) is 17.8. The SMILES string of the molecule is Cc1cc(F)ccc1[C@H]1OC[C@H]2OC(C)(C)O[C@H]2[C@@H]1O[Si](C)(C)C(C)(C)C. The maximum absolute atomic E-state index is 13.6. The minimum atomic E-state index is -2.09. The maximum atomic E-state index is 13.6. The molecule has 0 spiro atoms. The molecule has 0 N–H and O–H groups in total. The first-order valence-electron chi connectivity index (χ1n) is 9.72. The third-order valence-electron chi connectivity index (χ3n) is 6.06. The fourth-order valence-electron chi connectivity index (χ4n) is 3.61. The van der Waals surface area contributed by atoms with Gasteiger partial charge in [0.15, 0.2) is 14.1 Å². The molecule has 1 aromatic carbocycles. The van der Waals surface area contributed by atoms with Gasteiger partial charge in [-0.1, -0.05) is 26.8 Å². The van der Waals surface area contributed by atoms with E-state index in [1.165, 1.54) is 6.07 Å². The quantitative estimate of drug-likeness (QED) is 0.665. The van der Waals surface area contributed by atoms with Crippen molar-refractivity contribution in [2.75, 3.05) is 6.61 Å². The molecule has 2 aliphatic rings. The van der Waals surface area contributed by atoms with E-state index in [0.29, 0.717) is 6.61 Å². The van der Waals surface area contributed by atoms with Crippen molar-refractivity contribution in [3.05, 3.63) is 35.1 Å². The Morgan fingerprint density at radius 2 is 1.85 bits per heavy atom. The highest BCUT2D eigenvalue weighted by atomic mass is 28.4. The average molecular weight is 397 g/mol. The fourth-order valence-corrected chi connectivity index (χ4v) is 4.90. The zero-order chi connectivity index (χ0) is 20.2. The number of aryl methyl sites for hydroxylation is 1. The number of fused-ring (bicyclic) bond motifs is 1. The fraction of sp³-hybridized carbons (Fsp3) is 0.714. The Kier molecular flexibility index (Phi) is 5.36. The molecule has 0 amide bonds. The molecule has 152 valence electrons. The van der Waals surface area contributed by atoms with Crippen molar-refractivity contribution in [2.45, 2.75) is 89.9 Å². The minimum Gasteiger partial charge on any atom is -0.408 e. The molecule has 0 aliphatic carbocycles. The minimum absolute atomic E-state index is 0.0529. The summed E-state index contributed by atoms with van der Waals surface area (Å²) in [6.07, 6.45) is -0.974. The van der Waals surface area contributed by atoms with Crippen LogP contribution in [0.5, 0.6) is 0 Å². The van der Waals surface area contributed by atoms with Gasteiger partial charge >= 0.3 is 0 Å². The number of hydrogen-bond donors (Lipinski definition) is 0. The van der Waals surface area contributed by atoms with Crippen LogP contribution in [0.2, 0.25) is 18.1 Å².